The quantitative estimate of drug-likeness (QED) is 0.883. The number of rotatable bonds is 5. The third kappa shape index (κ3) is 2.90. The van der Waals surface area contributed by atoms with E-state index in [0.29, 0.717) is 0 Å². The molecule has 2 aromatic rings. The van der Waals surface area contributed by atoms with E-state index >= 15 is 0 Å². The fourth-order valence-electron chi connectivity index (χ4n) is 1.73. The molecule has 0 aliphatic carbocycles. The Bertz CT molecular complexity index is 441. The number of nitrogens with one attached hydrogen (secondary N) is 1. The van der Waals surface area contributed by atoms with E-state index in [4.69, 9.17) is 4.98 Å². The van der Waals surface area contributed by atoms with Gasteiger partial charge in [-0.15, -0.1) is 11.3 Å². The van der Waals surface area contributed by atoms with Crippen molar-refractivity contribution in [1.29, 1.82) is 0 Å². The molecule has 0 fully saturated rings. The molecule has 0 saturated carbocycles. The third-order valence-corrected chi connectivity index (χ3v) is 3.66. The molecule has 0 bridgehead atoms. The summed E-state index contributed by atoms with van der Waals surface area (Å²) in [5.74, 6) is 0. The normalized spacial score (nSPS) is 10.7. The molecular formula is C13H17N3S. The lowest BCUT2D eigenvalue weighted by Crippen LogP contribution is -2.05. The molecule has 0 radical (unpaired) electrons. The van der Waals surface area contributed by atoms with Gasteiger partial charge in [-0.3, -0.25) is 4.98 Å². The van der Waals surface area contributed by atoms with Crippen molar-refractivity contribution in [2.24, 2.45) is 0 Å². The predicted octanol–water partition coefficient (Wildman–Crippen LogP) is 2.88. The first-order valence-corrected chi connectivity index (χ1v) is 6.70. The maximum absolute atomic E-state index is 4.73. The zero-order chi connectivity index (χ0) is 12.1. The number of nitrogens with zero attached hydrogens (tertiary/aromatic N) is 2. The summed E-state index contributed by atoms with van der Waals surface area (Å²) in [6, 6.07) is 4.01. The van der Waals surface area contributed by atoms with Crippen molar-refractivity contribution in [3.63, 3.8) is 0 Å². The van der Waals surface area contributed by atoms with Gasteiger partial charge in [0.15, 0.2) is 0 Å². The van der Waals surface area contributed by atoms with Crippen molar-refractivity contribution in [1.82, 2.24) is 15.3 Å². The van der Waals surface area contributed by atoms with E-state index < -0.39 is 0 Å². The van der Waals surface area contributed by atoms with E-state index in [-0.39, 0.29) is 0 Å². The monoisotopic (exact) mass is 247 g/mol. The summed E-state index contributed by atoms with van der Waals surface area (Å²) >= 11 is 1.76. The van der Waals surface area contributed by atoms with E-state index in [9.17, 15) is 0 Å². The highest BCUT2D eigenvalue weighted by Crippen LogP contribution is 2.28. The first-order chi connectivity index (χ1) is 8.35. The maximum Gasteiger partial charge on any atom is 0.125 e. The van der Waals surface area contributed by atoms with Crippen LogP contribution in [0, 0.1) is 0 Å². The Morgan fingerprint density at radius 1 is 1.41 bits per heavy atom. The molecule has 0 aromatic carbocycles. The average molecular weight is 247 g/mol. The van der Waals surface area contributed by atoms with Crippen molar-refractivity contribution in [3.05, 3.63) is 35.1 Å². The number of hydrogen-bond donors (Lipinski definition) is 1. The number of pyridine rings is 1. The molecule has 0 atom stereocenters. The summed E-state index contributed by atoms with van der Waals surface area (Å²) < 4.78 is 0. The molecular weight excluding hydrogens is 230 g/mol. The van der Waals surface area contributed by atoms with Gasteiger partial charge < -0.3 is 5.32 Å². The first kappa shape index (κ1) is 12.2. The lowest BCUT2D eigenvalue weighted by atomic mass is 10.2. The molecule has 3 nitrogen and oxygen atoms in total. The molecule has 0 unspecified atom stereocenters. The summed E-state index contributed by atoms with van der Waals surface area (Å²) in [6.07, 6.45) is 5.84. The lowest BCUT2D eigenvalue weighted by Gasteiger charge is -1.98. The van der Waals surface area contributed by atoms with Gasteiger partial charge in [-0.25, -0.2) is 4.98 Å². The second-order valence-corrected chi connectivity index (χ2v) is 4.99. The Balaban J connectivity index is 2.33. The fraction of sp³-hybridized carbons (Fsp3) is 0.385. The molecule has 0 amide bonds. The number of thiazole rings is 1. The highest BCUT2D eigenvalue weighted by Gasteiger charge is 2.11. The van der Waals surface area contributed by atoms with Crippen LogP contribution in [0.3, 0.4) is 0 Å². The van der Waals surface area contributed by atoms with Gasteiger partial charge in [0.2, 0.25) is 0 Å². The van der Waals surface area contributed by atoms with E-state index in [1.807, 2.05) is 19.3 Å². The van der Waals surface area contributed by atoms with E-state index in [1.165, 1.54) is 10.6 Å². The van der Waals surface area contributed by atoms with E-state index in [2.05, 4.69) is 23.3 Å². The highest BCUT2D eigenvalue weighted by molar-refractivity contribution is 7.15. The predicted molar refractivity (Wildman–Crippen MR) is 72.1 cm³/mol. The minimum atomic E-state index is 0.896. The molecule has 2 heterocycles. The first-order valence-electron chi connectivity index (χ1n) is 5.88. The van der Waals surface area contributed by atoms with Crippen molar-refractivity contribution in [2.45, 2.75) is 26.3 Å². The minimum absolute atomic E-state index is 0.896. The average Bonchev–Trinajstić information content (AvgIpc) is 2.75. The Morgan fingerprint density at radius 3 is 2.94 bits per heavy atom. The minimum Gasteiger partial charge on any atom is -0.315 e. The van der Waals surface area contributed by atoms with Crippen molar-refractivity contribution in [3.8, 4) is 10.6 Å². The standard InChI is InChI=1S/C13H17N3S/c1-3-5-11-12(9-14-2)17-13(16-11)10-6-4-7-15-8-10/h4,6-8,14H,3,5,9H2,1-2H3. The zero-order valence-corrected chi connectivity index (χ0v) is 11.0. The van der Waals surface area contributed by atoms with Gasteiger partial charge in [-0.2, -0.15) is 0 Å². The van der Waals surface area contributed by atoms with Crippen LogP contribution in [-0.2, 0) is 13.0 Å². The lowest BCUT2D eigenvalue weighted by molar-refractivity contribution is 0.798. The van der Waals surface area contributed by atoms with E-state index in [0.717, 1.165) is 30.0 Å². The van der Waals surface area contributed by atoms with Gasteiger partial charge in [0.1, 0.15) is 5.01 Å². The number of aryl methyl sites for hydroxylation is 1. The van der Waals surface area contributed by atoms with Crippen molar-refractivity contribution in [2.75, 3.05) is 7.05 Å². The molecule has 0 saturated heterocycles. The van der Waals surface area contributed by atoms with Gasteiger partial charge in [-0.05, 0) is 25.6 Å². The Labute approximate surface area is 106 Å². The summed E-state index contributed by atoms with van der Waals surface area (Å²) in [5.41, 5.74) is 2.34. The van der Waals surface area contributed by atoms with Crippen LogP contribution in [0.15, 0.2) is 24.5 Å². The Hall–Kier alpha value is -1.26. The van der Waals surface area contributed by atoms with Crippen LogP contribution in [0.25, 0.3) is 10.6 Å². The number of aromatic nitrogens is 2. The Morgan fingerprint density at radius 2 is 2.29 bits per heavy atom. The SMILES string of the molecule is CCCc1nc(-c2cccnc2)sc1CNC. The van der Waals surface area contributed by atoms with Gasteiger partial charge in [0.25, 0.3) is 0 Å². The largest absolute Gasteiger partial charge is 0.315 e. The van der Waals surface area contributed by atoms with E-state index in [1.54, 1.807) is 17.5 Å². The topological polar surface area (TPSA) is 37.8 Å². The smallest absolute Gasteiger partial charge is 0.125 e. The highest BCUT2D eigenvalue weighted by atomic mass is 32.1. The third-order valence-electron chi connectivity index (χ3n) is 2.51. The number of hydrogen-bond acceptors (Lipinski definition) is 4. The molecule has 4 heteroatoms. The summed E-state index contributed by atoms with van der Waals surface area (Å²) in [6.45, 7) is 3.08. The molecule has 17 heavy (non-hydrogen) atoms. The molecule has 0 aliphatic heterocycles. The summed E-state index contributed by atoms with van der Waals surface area (Å²) in [7, 11) is 1.97. The van der Waals surface area contributed by atoms with Gasteiger partial charge in [0.05, 0.1) is 5.69 Å². The molecule has 90 valence electrons. The van der Waals surface area contributed by atoms with Crippen LogP contribution in [0.2, 0.25) is 0 Å². The summed E-state index contributed by atoms with van der Waals surface area (Å²) in [5, 5.41) is 4.28. The van der Waals surface area contributed by atoms with Crippen LogP contribution in [0.1, 0.15) is 23.9 Å². The second kappa shape index (κ2) is 5.89. The van der Waals surface area contributed by atoms with Gasteiger partial charge >= 0.3 is 0 Å². The van der Waals surface area contributed by atoms with Gasteiger partial charge in [-0.1, -0.05) is 13.3 Å². The van der Waals surface area contributed by atoms with Crippen LogP contribution < -0.4 is 5.32 Å². The molecule has 2 rings (SSSR count). The summed E-state index contributed by atoms with van der Waals surface area (Å²) in [4.78, 5) is 10.2. The van der Waals surface area contributed by atoms with Crippen molar-refractivity contribution < 1.29 is 0 Å². The van der Waals surface area contributed by atoms with Crippen LogP contribution >= 0.6 is 11.3 Å². The second-order valence-electron chi connectivity index (χ2n) is 3.91. The van der Waals surface area contributed by atoms with Crippen molar-refractivity contribution >= 4 is 11.3 Å². The maximum atomic E-state index is 4.73. The van der Waals surface area contributed by atoms with Gasteiger partial charge in [0, 0.05) is 29.4 Å². The fourth-order valence-corrected chi connectivity index (χ4v) is 2.84. The molecule has 1 N–H and O–H groups in total. The van der Waals surface area contributed by atoms with Crippen LogP contribution in [0.5, 0.6) is 0 Å². The van der Waals surface area contributed by atoms with Crippen LogP contribution in [0.4, 0.5) is 0 Å². The van der Waals surface area contributed by atoms with Crippen LogP contribution in [-0.4, -0.2) is 17.0 Å². The molecule has 0 spiro atoms. The molecule has 2 aromatic heterocycles. The zero-order valence-electron chi connectivity index (χ0n) is 10.2. The Kier molecular flexibility index (Phi) is 4.23. The molecule has 0 aliphatic rings.